The first-order chi connectivity index (χ1) is 59.9. The molecule has 12 atom stereocenters. The summed E-state index contributed by atoms with van der Waals surface area (Å²) in [6, 6.07) is -17.9. The number of nitrogens with one attached hydrogen (secondary N) is 32. The molecule has 0 saturated heterocycles. The summed E-state index contributed by atoms with van der Waals surface area (Å²) in [5.41, 5.74) is 55.4. The third-order valence-electron chi connectivity index (χ3n) is 17.9. The summed E-state index contributed by atoms with van der Waals surface area (Å²) in [5, 5.41) is 129. The number of hydrogen-bond donors (Lipinski definition) is 43. The fraction of sp³-hybridized carbons (Fsp3) is 0.671. The summed E-state index contributed by atoms with van der Waals surface area (Å²) in [6.45, 7) is 0.0974. The van der Waals surface area contributed by atoms with Crippen LogP contribution in [0.1, 0.15) is 130 Å². The highest BCUT2D eigenvalue weighted by atomic mass is 32.2. The molecule has 58 heteroatoms. The Morgan fingerprint density at radius 3 is 0.625 bits per heavy atom. The minimum absolute atomic E-state index is 0. The van der Waals surface area contributed by atoms with Gasteiger partial charge in [-0.05, 0) is 136 Å². The molecule has 0 heterocycles. The van der Waals surface area contributed by atoms with Crippen LogP contribution in [0.25, 0.3) is 0 Å². The van der Waals surface area contributed by atoms with Crippen molar-refractivity contribution >= 4 is 161 Å². The van der Waals surface area contributed by atoms with Crippen LogP contribution in [0.5, 0.6) is 0 Å². The highest BCUT2D eigenvalue weighted by Gasteiger charge is 2.37. The first kappa shape index (κ1) is 117. The number of primary amides is 1. The first-order valence-corrected chi connectivity index (χ1v) is 42.6. The summed E-state index contributed by atoms with van der Waals surface area (Å²) in [7, 11) is 1.53. The lowest BCUT2D eigenvalue weighted by atomic mass is 10.0. The molecule has 0 bridgehead atoms. The van der Waals surface area contributed by atoms with Crippen molar-refractivity contribution in [3.05, 3.63) is 0 Å². The molecule has 0 aliphatic carbocycles. The third kappa shape index (κ3) is 55.8. The summed E-state index contributed by atoms with van der Waals surface area (Å²) in [4.78, 5) is 197. The van der Waals surface area contributed by atoms with Crippen molar-refractivity contribution in [1.29, 1.82) is 48.7 Å². The number of amides is 14. The average Bonchev–Trinajstić information content (AvgIpc) is 0.853. The lowest BCUT2D eigenvalue weighted by molar-refractivity contribution is -0.136. The summed E-state index contributed by atoms with van der Waals surface area (Å²) in [5.74, 6) is -17.2. The van der Waals surface area contributed by atoms with Gasteiger partial charge in [0, 0.05) is 70.4 Å². The highest BCUT2D eigenvalue weighted by Crippen LogP contribution is 2.13. The molecule has 0 aromatic carbocycles. The first-order valence-electron chi connectivity index (χ1n) is 40.6. The van der Waals surface area contributed by atoms with E-state index in [2.05, 4.69) is 135 Å². The molecule has 14 amide bonds. The maximum Gasteiger partial charge on any atom is 0.244 e. The van der Waals surface area contributed by atoms with E-state index < -0.39 is 215 Å². The van der Waals surface area contributed by atoms with Crippen LogP contribution in [-0.2, 0) is 67.1 Å². The van der Waals surface area contributed by atoms with Crippen LogP contribution in [0.15, 0.2) is 0 Å². The standard InChI is InChI=1S/C69H136N42O14S2.CH4/c1-35(100-60(125)46(34-127-3)102-47(112)31-89-2)50(115)99-32-48(113)101-36(13-4-22-90-61(71)72)51(116)103-37(14-5-23-91-62(73)74)52(117)104-38(15-6-24-92-63(75)76)53(118)105-39(16-7-25-93-64(77)78)54(119)106-40(17-8-26-94-65(79)80)55(120)107-41(18-9-27-95-66(81)82)56(121)108-42(19-10-28-96-67(83)84)57(122)109-43(20-11-29-97-68(85)86)58(123)110-44(21-12-30-98-69(87)88)59(124)111-45(33-126)49(70)114;/h35-46,89,126H,4-34H2,1-3H3,(H2,70,114)(H,99,115)(H,100,125)(H,101,113)(H,102,112)(H,103,116)(H,104,117)(H,105,118)(H,106,119)(H,107,120)(H,108,121)(H,109,122)(H,110,123)(H,111,124)(H4,71,72,90)(H4,73,74,91)(H4,75,76,92)(H4,77,78,93)(H4,79,80,94)(H4,81,82,95)(H4,83,84,96)(H4,85,86,97)(H4,87,88,98);1H4/t35-,36+,37+,38+,39+,40+,41+,42+,43+,44+,45+,46-;/m0./s1. The van der Waals surface area contributed by atoms with Crippen molar-refractivity contribution in [1.82, 2.24) is 122 Å². The van der Waals surface area contributed by atoms with Gasteiger partial charge in [0.1, 0.15) is 72.5 Å². The predicted octanol–water partition coefficient (Wildman–Crippen LogP) is -14.1. The zero-order valence-electron chi connectivity index (χ0n) is 71.7. The normalized spacial score (nSPS) is 13.4. The van der Waals surface area contributed by atoms with Crippen molar-refractivity contribution < 1.29 is 67.1 Å². The molecule has 0 spiro atoms. The van der Waals surface area contributed by atoms with Crippen LogP contribution < -0.4 is 180 Å². The van der Waals surface area contributed by atoms with E-state index >= 15 is 14.4 Å². The van der Waals surface area contributed by atoms with Gasteiger partial charge in [0.05, 0.1) is 13.1 Å². The molecular weight excluding hydrogens is 1720 g/mol. The second-order valence-corrected chi connectivity index (χ2v) is 29.9. The van der Waals surface area contributed by atoms with Crippen molar-refractivity contribution in [2.45, 2.75) is 202 Å². The van der Waals surface area contributed by atoms with Gasteiger partial charge in [0.25, 0.3) is 0 Å². The largest absolute Gasteiger partial charge is 0.370 e. The van der Waals surface area contributed by atoms with Crippen LogP contribution in [-0.4, -0.2) is 306 Å². The Hall–Kier alpha value is -13.3. The Kier molecular flexibility index (Phi) is 61.2. The maximum absolute atomic E-state index is 15.1. The molecule has 0 aromatic rings. The molecular formula is C70H140N42O14S2. The maximum atomic E-state index is 15.1. The second-order valence-electron chi connectivity index (χ2n) is 28.7. The van der Waals surface area contributed by atoms with Gasteiger partial charge >= 0.3 is 0 Å². The number of hydrogen-bond acceptors (Lipinski definition) is 26. The van der Waals surface area contributed by atoms with Gasteiger partial charge in [-0.2, -0.15) is 24.4 Å². The Morgan fingerprint density at radius 1 is 0.266 bits per heavy atom. The van der Waals surface area contributed by atoms with Crippen molar-refractivity contribution in [3.63, 3.8) is 0 Å². The molecule has 0 radical (unpaired) electrons. The van der Waals surface area contributed by atoms with Crippen molar-refractivity contribution in [2.75, 3.05) is 96.8 Å². The number of likely N-dealkylation sites (N-methyl/N-ethyl adjacent to an activating group) is 1. The molecule has 726 valence electrons. The molecule has 0 saturated carbocycles. The molecule has 128 heavy (non-hydrogen) atoms. The molecule has 0 rings (SSSR count). The Morgan fingerprint density at radius 2 is 0.445 bits per heavy atom. The monoisotopic (exact) mass is 1860 g/mol. The van der Waals surface area contributed by atoms with Crippen LogP contribution in [0.3, 0.4) is 0 Å². The molecule has 56 nitrogen and oxygen atoms in total. The Labute approximate surface area is 752 Å². The SMILES string of the molecule is C.CNCC(=O)N[C@@H](CSC)C(=O)N[C@@H](C)C(=O)NCC(=O)N[C@H](CCCNC(=N)N)C(=O)N[C@H](CCCNC(=N)N)C(=O)N[C@H](CCCNC(=N)N)C(=O)N[C@H](CCCNC(=N)N)C(=O)N[C@H](CCCNC(=N)N)C(=O)N[C@H](CCCNC(=N)N)C(=O)N[C@H](CCCNC(=N)N)C(=O)N[C@H](CCCNC(=N)N)C(=O)N[C@H](CCCNC(=N)N)C(=O)N[C@H](CS)C(N)=O. The van der Waals surface area contributed by atoms with Gasteiger partial charge in [-0.25, -0.2) is 0 Å². The summed E-state index contributed by atoms with van der Waals surface area (Å²) >= 11 is 5.34. The van der Waals surface area contributed by atoms with Crippen molar-refractivity contribution in [2.24, 2.45) is 57.3 Å². The zero-order valence-corrected chi connectivity index (χ0v) is 73.4. The number of thiol groups is 1. The van der Waals surface area contributed by atoms with Crippen molar-refractivity contribution in [3.8, 4) is 0 Å². The fourth-order valence-corrected chi connectivity index (χ4v) is 12.4. The van der Waals surface area contributed by atoms with E-state index in [1.54, 1.807) is 6.26 Å². The lowest BCUT2D eigenvalue weighted by Crippen LogP contribution is -2.61. The minimum Gasteiger partial charge on any atom is -0.370 e. The van der Waals surface area contributed by atoms with Gasteiger partial charge in [-0.15, -0.1) is 0 Å². The molecule has 0 fully saturated rings. The summed E-state index contributed by atoms with van der Waals surface area (Å²) in [6.07, 6.45) is -0.549. The molecule has 52 N–H and O–H groups in total. The molecule has 0 aliphatic rings. The van der Waals surface area contributed by atoms with E-state index in [0.29, 0.717) is 0 Å². The molecule has 0 aliphatic heterocycles. The Bertz CT molecular complexity index is 3680. The third-order valence-corrected chi connectivity index (χ3v) is 19.0. The number of rotatable bonds is 67. The van der Waals surface area contributed by atoms with Gasteiger partial charge in [0.15, 0.2) is 53.6 Å². The number of nitrogens with two attached hydrogens (primary N) is 10. The second kappa shape index (κ2) is 67.1. The average molecular weight is 1860 g/mol. The number of carbonyl (C=O) groups is 14. The number of guanidine groups is 9. The highest BCUT2D eigenvalue weighted by molar-refractivity contribution is 7.98. The smallest absolute Gasteiger partial charge is 0.244 e. The topological polar surface area (TPSA) is 991 Å². The van der Waals surface area contributed by atoms with E-state index in [4.69, 9.17) is 106 Å². The van der Waals surface area contributed by atoms with Crippen LogP contribution in [0.2, 0.25) is 0 Å². The Balaban J connectivity index is 0. The number of thioether (sulfide) groups is 1. The van der Waals surface area contributed by atoms with Crippen LogP contribution >= 0.6 is 24.4 Å². The van der Waals surface area contributed by atoms with E-state index in [1.807, 2.05) is 0 Å². The van der Waals surface area contributed by atoms with E-state index in [9.17, 15) is 52.7 Å². The minimum atomic E-state index is -1.67. The van der Waals surface area contributed by atoms with Crippen LogP contribution in [0.4, 0.5) is 0 Å². The predicted molar refractivity (Wildman–Crippen MR) is 486 cm³/mol. The quantitative estimate of drug-likeness (QED) is 0.0116. The summed E-state index contributed by atoms with van der Waals surface area (Å²) < 4.78 is 0. The lowest BCUT2D eigenvalue weighted by Gasteiger charge is -2.29. The van der Waals surface area contributed by atoms with E-state index in [1.165, 1.54) is 25.7 Å². The zero-order chi connectivity index (χ0) is 96.1. The molecule has 0 unspecified atom stereocenters. The van der Waals surface area contributed by atoms with E-state index in [0.717, 1.165) is 0 Å². The fourth-order valence-electron chi connectivity index (χ4n) is 11.5. The number of carbonyl (C=O) groups excluding carboxylic acids is 14. The van der Waals surface area contributed by atoms with Gasteiger partial charge in [-0.1, -0.05) is 7.43 Å². The van der Waals surface area contributed by atoms with Gasteiger partial charge < -0.3 is 180 Å². The van der Waals surface area contributed by atoms with Gasteiger partial charge in [-0.3, -0.25) is 116 Å². The van der Waals surface area contributed by atoms with Gasteiger partial charge in [0.2, 0.25) is 82.7 Å². The molecule has 0 aromatic heterocycles. The van der Waals surface area contributed by atoms with E-state index in [-0.39, 0.29) is 200 Å². The van der Waals surface area contributed by atoms with Crippen LogP contribution in [0, 0.1) is 48.7 Å².